The van der Waals surface area contributed by atoms with Gasteiger partial charge >= 0.3 is 0 Å². The third-order valence-electron chi connectivity index (χ3n) is 2.68. The van der Waals surface area contributed by atoms with Crippen LogP contribution in [0.15, 0.2) is 18.2 Å². The Morgan fingerprint density at radius 3 is 2.58 bits per heavy atom. The second-order valence-electron chi connectivity index (χ2n) is 4.96. The molecule has 2 N–H and O–H groups in total. The summed E-state index contributed by atoms with van der Waals surface area (Å²) in [4.78, 5) is 13.4. The largest absolute Gasteiger partial charge is 0.389 e. The molecule has 0 heterocycles. The summed E-state index contributed by atoms with van der Waals surface area (Å²) in [6, 6.07) is 4.25. The fraction of sp³-hybridized carbons (Fsp3) is 0.500. The first-order valence-electron chi connectivity index (χ1n) is 6.29. The minimum absolute atomic E-state index is 0.0744. The Kier molecular flexibility index (Phi) is 5.30. The summed E-state index contributed by atoms with van der Waals surface area (Å²) in [5, 5.41) is 12.4. The summed E-state index contributed by atoms with van der Waals surface area (Å²) in [6.45, 7) is 5.50. The van der Waals surface area contributed by atoms with E-state index in [1.54, 1.807) is 24.9 Å². The minimum Gasteiger partial charge on any atom is -0.389 e. The molecule has 0 aliphatic heterocycles. The lowest BCUT2D eigenvalue weighted by Gasteiger charge is -2.23. The number of benzene rings is 1. The molecule has 1 atom stereocenters. The third kappa shape index (κ3) is 4.52. The summed E-state index contributed by atoms with van der Waals surface area (Å²) in [6.07, 6.45) is -0.790. The highest BCUT2D eigenvalue weighted by atomic mass is 19.1. The predicted octanol–water partition coefficient (Wildman–Crippen LogP) is 1.84. The maximum absolute atomic E-state index is 13.2. The number of anilines is 1. The van der Waals surface area contributed by atoms with Crippen LogP contribution in [0.3, 0.4) is 0 Å². The van der Waals surface area contributed by atoms with Crippen LogP contribution in [0.1, 0.15) is 32.4 Å². The quantitative estimate of drug-likeness (QED) is 0.856. The Bertz CT molecular complexity index is 447. The average molecular weight is 268 g/mol. The van der Waals surface area contributed by atoms with Crippen molar-refractivity contribution in [1.29, 1.82) is 0 Å². The van der Waals surface area contributed by atoms with Gasteiger partial charge in [0, 0.05) is 24.3 Å². The molecule has 0 bridgehead atoms. The highest BCUT2D eigenvalue weighted by molar-refractivity contribution is 5.81. The molecule has 19 heavy (non-hydrogen) atoms. The SMILES string of the molecule is CC(C)NC(=O)CN(C)c1ccc(F)cc1[C@H](C)O. The zero-order valence-electron chi connectivity index (χ0n) is 11.8. The van der Waals surface area contributed by atoms with Gasteiger partial charge in [0.15, 0.2) is 0 Å². The number of carbonyl (C=O) groups is 1. The van der Waals surface area contributed by atoms with Gasteiger partial charge in [0.2, 0.25) is 5.91 Å². The molecule has 1 amide bonds. The van der Waals surface area contributed by atoms with E-state index in [4.69, 9.17) is 0 Å². The van der Waals surface area contributed by atoms with Crippen LogP contribution in [-0.4, -0.2) is 30.6 Å². The van der Waals surface area contributed by atoms with Crippen molar-refractivity contribution >= 4 is 11.6 Å². The predicted molar refractivity (Wildman–Crippen MR) is 73.6 cm³/mol. The van der Waals surface area contributed by atoms with Gasteiger partial charge in [-0.2, -0.15) is 0 Å². The first kappa shape index (κ1) is 15.4. The zero-order chi connectivity index (χ0) is 14.6. The number of halogens is 1. The highest BCUT2D eigenvalue weighted by Gasteiger charge is 2.15. The van der Waals surface area contributed by atoms with Crippen molar-refractivity contribution in [2.24, 2.45) is 0 Å². The molecule has 1 aromatic rings. The highest BCUT2D eigenvalue weighted by Crippen LogP contribution is 2.26. The molecule has 0 aliphatic rings. The molecule has 1 aromatic carbocycles. The molecule has 106 valence electrons. The van der Waals surface area contributed by atoms with Crippen LogP contribution in [0, 0.1) is 5.82 Å². The van der Waals surface area contributed by atoms with Crippen molar-refractivity contribution in [2.45, 2.75) is 32.9 Å². The number of nitrogens with one attached hydrogen (secondary N) is 1. The van der Waals surface area contributed by atoms with E-state index < -0.39 is 11.9 Å². The van der Waals surface area contributed by atoms with E-state index in [1.165, 1.54) is 12.1 Å². The van der Waals surface area contributed by atoms with Crippen molar-refractivity contribution in [3.63, 3.8) is 0 Å². The molecule has 0 unspecified atom stereocenters. The molecule has 0 aromatic heterocycles. The molecule has 0 radical (unpaired) electrons. The Balaban J connectivity index is 2.87. The van der Waals surface area contributed by atoms with E-state index in [9.17, 15) is 14.3 Å². The van der Waals surface area contributed by atoms with E-state index in [-0.39, 0.29) is 18.5 Å². The minimum atomic E-state index is -0.790. The van der Waals surface area contributed by atoms with E-state index in [2.05, 4.69) is 5.32 Å². The molecule has 0 aliphatic carbocycles. The second-order valence-corrected chi connectivity index (χ2v) is 4.96. The van der Waals surface area contributed by atoms with E-state index >= 15 is 0 Å². The van der Waals surface area contributed by atoms with Crippen LogP contribution >= 0.6 is 0 Å². The summed E-state index contributed by atoms with van der Waals surface area (Å²) in [5.41, 5.74) is 1.12. The number of amides is 1. The third-order valence-corrected chi connectivity index (χ3v) is 2.68. The van der Waals surface area contributed by atoms with Gasteiger partial charge in [-0.15, -0.1) is 0 Å². The summed E-state index contributed by atoms with van der Waals surface area (Å²) >= 11 is 0. The fourth-order valence-corrected chi connectivity index (χ4v) is 1.88. The maximum atomic E-state index is 13.2. The lowest BCUT2D eigenvalue weighted by atomic mass is 10.1. The normalized spacial score (nSPS) is 12.4. The first-order chi connectivity index (χ1) is 8.81. The Labute approximate surface area is 113 Å². The number of hydrogen-bond donors (Lipinski definition) is 2. The Morgan fingerprint density at radius 1 is 1.42 bits per heavy atom. The first-order valence-corrected chi connectivity index (χ1v) is 6.29. The van der Waals surface area contributed by atoms with Crippen LogP contribution in [0.25, 0.3) is 0 Å². The summed E-state index contributed by atoms with van der Waals surface area (Å²) in [7, 11) is 1.74. The Morgan fingerprint density at radius 2 is 2.05 bits per heavy atom. The topological polar surface area (TPSA) is 52.6 Å². The van der Waals surface area contributed by atoms with Gasteiger partial charge in [-0.05, 0) is 39.0 Å². The van der Waals surface area contributed by atoms with E-state index in [0.717, 1.165) is 0 Å². The standard InChI is InChI=1S/C14H21FN2O2/c1-9(2)16-14(19)8-17(4)13-6-5-11(15)7-12(13)10(3)18/h5-7,9-10,18H,8H2,1-4H3,(H,16,19)/t10-/m0/s1. The smallest absolute Gasteiger partial charge is 0.239 e. The molecule has 1 rings (SSSR count). The van der Waals surface area contributed by atoms with Gasteiger partial charge in [0.1, 0.15) is 5.82 Å². The van der Waals surface area contributed by atoms with Gasteiger partial charge < -0.3 is 15.3 Å². The average Bonchev–Trinajstić information content (AvgIpc) is 2.27. The second kappa shape index (κ2) is 6.52. The fourth-order valence-electron chi connectivity index (χ4n) is 1.88. The van der Waals surface area contributed by atoms with Gasteiger partial charge in [-0.3, -0.25) is 4.79 Å². The van der Waals surface area contributed by atoms with Crippen LogP contribution < -0.4 is 10.2 Å². The number of hydrogen-bond acceptors (Lipinski definition) is 3. The molecule has 0 spiro atoms. The van der Waals surface area contributed by atoms with Crippen LogP contribution in [-0.2, 0) is 4.79 Å². The maximum Gasteiger partial charge on any atom is 0.239 e. The lowest BCUT2D eigenvalue weighted by Crippen LogP contribution is -2.38. The van der Waals surface area contributed by atoms with Crippen LogP contribution in [0.4, 0.5) is 10.1 Å². The molecular weight excluding hydrogens is 247 g/mol. The van der Waals surface area contributed by atoms with Gasteiger partial charge in [-0.1, -0.05) is 0 Å². The number of nitrogens with zero attached hydrogens (tertiary/aromatic N) is 1. The van der Waals surface area contributed by atoms with E-state index in [0.29, 0.717) is 11.3 Å². The molecule has 0 fully saturated rings. The number of aliphatic hydroxyl groups excluding tert-OH is 1. The van der Waals surface area contributed by atoms with Crippen LogP contribution in [0.5, 0.6) is 0 Å². The molecule has 0 saturated carbocycles. The number of aliphatic hydroxyl groups is 1. The summed E-state index contributed by atoms with van der Waals surface area (Å²) in [5.74, 6) is -0.516. The molecule has 0 saturated heterocycles. The van der Waals surface area contributed by atoms with Crippen molar-refractivity contribution < 1.29 is 14.3 Å². The van der Waals surface area contributed by atoms with Crippen molar-refractivity contribution in [3.05, 3.63) is 29.6 Å². The van der Waals surface area contributed by atoms with Gasteiger partial charge in [-0.25, -0.2) is 4.39 Å². The van der Waals surface area contributed by atoms with Crippen molar-refractivity contribution in [2.75, 3.05) is 18.5 Å². The molecule has 5 heteroatoms. The van der Waals surface area contributed by atoms with Crippen molar-refractivity contribution in [3.8, 4) is 0 Å². The van der Waals surface area contributed by atoms with Crippen molar-refractivity contribution in [1.82, 2.24) is 5.32 Å². The number of likely N-dealkylation sites (N-methyl/N-ethyl adjacent to an activating group) is 1. The Hall–Kier alpha value is -1.62. The van der Waals surface area contributed by atoms with E-state index in [1.807, 2.05) is 13.8 Å². The zero-order valence-corrected chi connectivity index (χ0v) is 11.8. The van der Waals surface area contributed by atoms with Gasteiger partial charge in [0.25, 0.3) is 0 Å². The number of rotatable bonds is 5. The van der Waals surface area contributed by atoms with Gasteiger partial charge in [0.05, 0.1) is 12.6 Å². The number of carbonyl (C=O) groups excluding carboxylic acids is 1. The molecular formula is C14H21FN2O2. The lowest BCUT2D eigenvalue weighted by molar-refractivity contribution is -0.120. The van der Waals surface area contributed by atoms with Crippen LogP contribution in [0.2, 0.25) is 0 Å². The summed E-state index contributed by atoms with van der Waals surface area (Å²) < 4.78 is 13.2. The monoisotopic (exact) mass is 268 g/mol. The molecule has 4 nitrogen and oxygen atoms in total.